The van der Waals surface area contributed by atoms with E-state index >= 15 is 0 Å². The van der Waals surface area contributed by atoms with E-state index in [1.165, 1.54) is 77.7 Å². The number of fused-ring (bicyclic) bond motifs is 3. The Morgan fingerprint density at radius 2 is 1.77 bits per heavy atom. The van der Waals surface area contributed by atoms with E-state index in [4.69, 9.17) is 0 Å². The van der Waals surface area contributed by atoms with Crippen LogP contribution in [-0.4, -0.2) is 42.5 Å². The minimum atomic E-state index is 0.652. The first-order chi connectivity index (χ1) is 10.9. The van der Waals surface area contributed by atoms with Crippen LogP contribution >= 0.6 is 0 Å². The molecule has 1 atom stereocenters. The van der Waals surface area contributed by atoms with E-state index in [9.17, 15) is 0 Å². The summed E-state index contributed by atoms with van der Waals surface area (Å²) in [6, 6.07) is 9.76. The minimum Gasteiger partial charge on any atom is -0.300 e. The monoisotopic (exact) mass is 300 g/mol. The van der Waals surface area contributed by atoms with Crippen LogP contribution in [0.5, 0.6) is 0 Å². The molecule has 2 nitrogen and oxygen atoms in total. The van der Waals surface area contributed by atoms with Gasteiger partial charge in [0.15, 0.2) is 0 Å². The Labute approximate surface area is 136 Å². The lowest BCUT2D eigenvalue weighted by atomic mass is 9.91. The summed E-state index contributed by atoms with van der Waals surface area (Å²) in [5, 5.41) is 0. The first kappa shape index (κ1) is 16.0. The second-order valence-electron chi connectivity index (χ2n) is 7.07. The van der Waals surface area contributed by atoms with Crippen molar-refractivity contribution >= 4 is 0 Å². The topological polar surface area (TPSA) is 6.48 Å². The van der Waals surface area contributed by atoms with Crippen molar-refractivity contribution in [2.45, 2.75) is 57.9 Å². The highest BCUT2D eigenvalue weighted by Crippen LogP contribution is 2.32. The van der Waals surface area contributed by atoms with E-state index in [2.05, 4.69) is 41.0 Å². The van der Waals surface area contributed by atoms with Crippen LogP contribution in [0, 0.1) is 0 Å². The van der Waals surface area contributed by atoms with Gasteiger partial charge < -0.3 is 4.90 Å². The number of rotatable bonds is 7. The molecular formula is C20H32N2. The van der Waals surface area contributed by atoms with Crippen molar-refractivity contribution in [1.29, 1.82) is 0 Å². The van der Waals surface area contributed by atoms with Crippen LogP contribution in [0.3, 0.4) is 0 Å². The molecule has 0 aromatic heterocycles. The molecule has 2 aliphatic heterocycles. The summed E-state index contributed by atoms with van der Waals surface area (Å²) in [5.74, 6) is 0. The predicted molar refractivity (Wildman–Crippen MR) is 94.3 cm³/mol. The molecule has 1 fully saturated rings. The number of hydrogen-bond acceptors (Lipinski definition) is 2. The van der Waals surface area contributed by atoms with Crippen LogP contribution in [0.2, 0.25) is 0 Å². The Hall–Kier alpha value is -0.860. The molecule has 0 bridgehead atoms. The third-order valence-corrected chi connectivity index (χ3v) is 5.49. The van der Waals surface area contributed by atoms with Gasteiger partial charge >= 0.3 is 0 Å². The summed E-state index contributed by atoms with van der Waals surface area (Å²) in [6.07, 6.45) is 9.67. The summed E-state index contributed by atoms with van der Waals surface area (Å²) in [4.78, 5) is 5.42. The van der Waals surface area contributed by atoms with Gasteiger partial charge in [0.25, 0.3) is 0 Å². The van der Waals surface area contributed by atoms with Gasteiger partial charge in [-0.05, 0) is 30.5 Å². The van der Waals surface area contributed by atoms with Gasteiger partial charge in [-0.2, -0.15) is 0 Å². The van der Waals surface area contributed by atoms with Crippen molar-refractivity contribution in [3.05, 3.63) is 35.4 Å². The summed E-state index contributed by atoms with van der Waals surface area (Å²) in [7, 11) is 0. The van der Waals surface area contributed by atoms with Crippen LogP contribution in [-0.2, 0) is 6.42 Å². The lowest BCUT2D eigenvalue weighted by molar-refractivity contribution is 0.0663. The Kier molecular flexibility index (Phi) is 5.91. The lowest BCUT2D eigenvalue weighted by Crippen LogP contribution is -2.50. The van der Waals surface area contributed by atoms with Gasteiger partial charge in [-0.1, -0.05) is 63.3 Å². The van der Waals surface area contributed by atoms with Crippen molar-refractivity contribution in [3.8, 4) is 0 Å². The fourth-order valence-electron chi connectivity index (χ4n) is 4.11. The van der Waals surface area contributed by atoms with Crippen molar-refractivity contribution in [2.24, 2.45) is 0 Å². The molecule has 2 heterocycles. The van der Waals surface area contributed by atoms with Gasteiger partial charge in [0.1, 0.15) is 0 Å². The van der Waals surface area contributed by atoms with Crippen LogP contribution in [0.15, 0.2) is 24.3 Å². The van der Waals surface area contributed by atoms with Gasteiger partial charge in [-0.15, -0.1) is 0 Å². The Morgan fingerprint density at radius 3 is 2.68 bits per heavy atom. The quantitative estimate of drug-likeness (QED) is 0.694. The van der Waals surface area contributed by atoms with E-state index in [-0.39, 0.29) is 0 Å². The molecule has 1 aromatic carbocycles. The molecule has 1 unspecified atom stereocenters. The van der Waals surface area contributed by atoms with Gasteiger partial charge in [-0.3, -0.25) is 4.90 Å². The molecule has 0 saturated carbocycles. The fraction of sp³-hybridized carbons (Fsp3) is 0.700. The largest absolute Gasteiger partial charge is 0.300 e. The van der Waals surface area contributed by atoms with E-state index in [0.717, 1.165) is 0 Å². The van der Waals surface area contributed by atoms with Crippen LogP contribution in [0.1, 0.15) is 62.6 Å². The van der Waals surface area contributed by atoms with E-state index in [1.807, 2.05) is 0 Å². The van der Waals surface area contributed by atoms with Crippen LogP contribution < -0.4 is 0 Å². The van der Waals surface area contributed by atoms with Crippen molar-refractivity contribution < 1.29 is 0 Å². The molecule has 1 saturated heterocycles. The fourth-order valence-corrected chi connectivity index (χ4v) is 4.11. The normalized spacial score (nSPS) is 22.3. The molecule has 0 N–H and O–H groups in total. The Morgan fingerprint density at radius 1 is 0.955 bits per heavy atom. The number of nitrogens with zero attached hydrogens (tertiary/aromatic N) is 2. The molecular weight excluding hydrogens is 268 g/mol. The SMILES string of the molecule is CCCCCCCCN1CCN2CCc3ccccc3C2C1. The second kappa shape index (κ2) is 8.12. The highest BCUT2D eigenvalue weighted by Gasteiger charge is 2.31. The standard InChI is InChI=1S/C20H32N2/c1-2-3-4-5-6-9-13-21-15-16-22-14-12-18-10-7-8-11-19(18)20(22)17-21/h7-8,10-11,20H,2-6,9,12-17H2,1H3. The average Bonchev–Trinajstić information content (AvgIpc) is 2.58. The number of piperazine rings is 1. The second-order valence-corrected chi connectivity index (χ2v) is 7.07. The lowest BCUT2D eigenvalue weighted by Gasteiger charge is -2.45. The van der Waals surface area contributed by atoms with Crippen molar-refractivity contribution in [2.75, 3.05) is 32.7 Å². The summed E-state index contributed by atoms with van der Waals surface area (Å²) >= 11 is 0. The third kappa shape index (κ3) is 3.91. The Bertz CT molecular complexity index is 457. The third-order valence-electron chi connectivity index (χ3n) is 5.49. The van der Waals surface area contributed by atoms with Crippen molar-refractivity contribution in [1.82, 2.24) is 9.80 Å². The molecule has 22 heavy (non-hydrogen) atoms. The Balaban J connectivity index is 1.48. The molecule has 2 heteroatoms. The van der Waals surface area contributed by atoms with E-state index in [0.29, 0.717) is 6.04 Å². The minimum absolute atomic E-state index is 0.652. The molecule has 0 spiro atoms. The van der Waals surface area contributed by atoms with Crippen molar-refractivity contribution in [3.63, 3.8) is 0 Å². The molecule has 122 valence electrons. The van der Waals surface area contributed by atoms with Crippen LogP contribution in [0.25, 0.3) is 0 Å². The summed E-state index contributed by atoms with van der Waals surface area (Å²) in [6.45, 7) is 8.63. The first-order valence-electron chi connectivity index (χ1n) is 9.42. The van der Waals surface area contributed by atoms with E-state index in [1.54, 1.807) is 11.1 Å². The summed E-state index contributed by atoms with van der Waals surface area (Å²) in [5.41, 5.74) is 3.19. The maximum absolute atomic E-state index is 2.71. The number of benzene rings is 1. The molecule has 3 rings (SSSR count). The first-order valence-corrected chi connectivity index (χ1v) is 9.42. The van der Waals surface area contributed by atoms with E-state index < -0.39 is 0 Å². The molecule has 1 aromatic rings. The van der Waals surface area contributed by atoms with Gasteiger partial charge in [0.05, 0.1) is 0 Å². The molecule has 0 aliphatic carbocycles. The smallest absolute Gasteiger partial charge is 0.0478 e. The zero-order valence-corrected chi connectivity index (χ0v) is 14.3. The molecule has 0 radical (unpaired) electrons. The average molecular weight is 300 g/mol. The molecule has 2 aliphatic rings. The predicted octanol–water partition coefficient (Wildman–Crippen LogP) is 4.26. The van der Waals surface area contributed by atoms with Crippen LogP contribution in [0.4, 0.5) is 0 Å². The highest BCUT2D eigenvalue weighted by atomic mass is 15.3. The van der Waals surface area contributed by atoms with Gasteiger partial charge in [0, 0.05) is 32.2 Å². The maximum atomic E-state index is 2.71. The zero-order chi connectivity index (χ0) is 15.2. The van der Waals surface area contributed by atoms with Gasteiger partial charge in [0.2, 0.25) is 0 Å². The number of unbranched alkanes of at least 4 members (excludes halogenated alkanes) is 5. The maximum Gasteiger partial charge on any atom is 0.0478 e. The highest BCUT2D eigenvalue weighted by molar-refractivity contribution is 5.33. The number of hydrogen-bond donors (Lipinski definition) is 0. The zero-order valence-electron chi connectivity index (χ0n) is 14.3. The summed E-state index contributed by atoms with van der Waals surface area (Å²) < 4.78 is 0. The van der Waals surface area contributed by atoms with Gasteiger partial charge in [-0.25, -0.2) is 0 Å². The molecule has 0 amide bonds.